The molecule has 2 aromatic rings. The van der Waals surface area contributed by atoms with E-state index in [0.29, 0.717) is 28.6 Å². The van der Waals surface area contributed by atoms with Crippen LogP contribution in [0.4, 0.5) is 5.69 Å². The third-order valence-corrected chi connectivity index (χ3v) is 4.27. The van der Waals surface area contributed by atoms with Crippen molar-refractivity contribution < 1.29 is 14.3 Å². The molecule has 2 amide bonds. The van der Waals surface area contributed by atoms with Gasteiger partial charge < -0.3 is 15.4 Å². The van der Waals surface area contributed by atoms with Gasteiger partial charge in [-0.15, -0.1) is 0 Å². The van der Waals surface area contributed by atoms with Gasteiger partial charge >= 0.3 is 0 Å². The van der Waals surface area contributed by atoms with Crippen LogP contribution in [-0.4, -0.2) is 24.5 Å². The summed E-state index contributed by atoms with van der Waals surface area (Å²) in [6.45, 7) is 2.20. The van der Waals surface area contributed by atoms with E-state index in [0.717, 1.165) is 12.8 Å². The summed E-state index contributed by atoms with van der Waals surface area (Å²) in [7, 11) is 0. The Kier molecular flexibility index (Phi) is 5.24. The highest BCUT2D eigenvalue weighted by Crippen LogP contribution is 2.33. The SMILES string of the molecule is C[C@H]1Oc2c(cccc2C(=O)NCCCc2ccc(Cl)cc2)NC1=O. The molecule has 1 heterocycles. The average molecular weight is 359 g/mol. The van der Waals surface area contributed by atoms with Crippen molar-refractivity contribution in [1.82, 2.24) is 5.32 Å². The Balaban J connectivity index is 1.58. The second kappa shape index (κ2) is 7.57. The van der Waals surface area contributed by atoms with Gasteiger partial charge in [0, 0.05) is 11.6 Å². The summed E-state index contributed by atoms with van der Waals surface area (Å²) in [6, 6.07) is 12.8. The van der Waals surface area contributed by atoms with E-state index in [4.69, 9.17) is 16.3 Å². The third-order valence-electron chi connectivity index (χ3n) is 4.02. The van der Waals surface area contributed by atoms with Crippen LogP contribution in [0.25, 0.3) is 0 Å². The molecule has 0 spiro atoms. The molecule has 2 N–H and O–H groups in total. The zero-order valence-corrected chi connectivity index (χ0v) is 14.6. The monoisotopic (exact) mass is 358 g/mol. The number of fused-ring (bicyclic) bond motifs is 1. The zero-order valence-electron chi connectivity index (χ0n) is 13.8. The molecule has 0 bridgehead atoms. The fourth-order valence-corrected chi connectivity index (χ4v) is 2.77. The number of aryl methyl sites for hydroxylation is 1. The normalized spacial score (nSPS) is 15.8. The van der Waals surface area contributed by atoms with Gasteiger partial charge in [0.2, 0.25) is 0 Å². The van der Waals surface area contributed by atoms with Crippen LogP contribution in [0.3, 0.4) is 0 Å². The molecule has 3 rings (SSSR count). The molecular formula is C19H19ClN2O3. The molecule has 0 radical (unpaired) electrons. The summed E-state index contributed by atoms with van der Waals surface area (Å²) in [5.41, 5.74) is 2.13. The van der Waals surface area contributed by atoms with E-state index >= 15 is 0 Å². The number of carbonyl (C=O) groups is 2. The fourth-order valence-electron chi connectivity index (χ4n) is 2.65. The maximum Gasteiger partial charge on any atom is 0.265 e. The zero-order chi connectivity index (χ0) is 17.8. The van der Waals surface area contributed by atoms with Gasteiger partial charge in [0.25, 0.3) is 11.8 Å². The van der Waals surface area contributed by atoms with Crippen molar-refractivity contribution in [1.29, 1.82) is 0 Å². The number of anilines is 1. The van der Waals surface area contributed by atoms with Crippen LogP contribution < -0.4 is 15.4 Å². The smallest absolute Gasteiger partial charge is 0.265 e. The largest absolute Gasteiger partial charge is 0.478 e. The van der Waals surface area contributed by atoms with E-state index in [2.05, 4.69) is 10.6 Å². The fraction of sp³-hybridized carbons (Fsp3) is 0.263. The average Bonchev–Trinajstić information content (AvgIpc) is 2.60. The van der Waals surface area contributed by atoms with Crippen molar-refractivity contribution in [2.75, 3.05) is 11.9 Å². The summed E-state index contributed by atoms with van der Waals surface area (Å²) in [6.07, 6.45) is 1.05. The lowest BCUT2D eigenvalue weighted by Crippen LogP contribution is -2.36. The predicted octanol–water partition coefficient (Wildman–Crippen LogP) is 3.42. The quantitative estimate of drug-likeness (QED) is 0.805. The second-order valence-electron chi connectivity index (χ2n) is 5.92. The van der Waals surface area contributed by atoms with E-state index in [1.807, 2.05) is 24.3 Å². The lowest BCUT2D eigenvalue weighted by atomic mass is 10.1. The molecule has 25 heavy (non-hydrogen) atoms. The topological polar surface area (TPSA) is 67.4 Å². The van der Waals surface area contributed by atoms with Gasteiger partial charge in [-0.25, -0.2) is 0 Å². The maximum atomic E-state index is 12.4. The first-order valence-corrected chi connectivity index (χ1v) is 8.55. The van der Waals surface area contributed by atoms with Gasteiger partial charge in [0.1, 0.15) is 0 Å². The third kappa shape index (κ3) is 4.12. The predicted molar refractivity (Wildman–Crippen MR) is 97.3 cm³/mol. The van der Waals surface area contributed by atoms with E-state index in [1.54, 1.807) is 25.1 Å². The molecule has 6 heteroatoms. The Hall–Kier alpha value is -2.53. The van der Waals surface area contributed by atoms with E-state index in [-0.39, 0.29) is 11.8 Å². The molecule has 1 aliphatic rings. The minimum absolute atomic E-state index is 0.212. The minimum atomic E-state index is -0.619. The Morgan fingerprint density at radius 3 is 2.76 bits per heavy atom. The molecule has 0 aliphatic carbocycles. The van der Waals surface area contributed by atoms with E-state index in [9.17, 15) is 9.59 Å². The number of amides is 2. The first-order chi connectivity index (χ1) is 12.0. The van der Waals surface area contributed by atoms with Gasteiger partial charge in [-0.3, -0.25) is 9.59 Å². The lowest BCUT2D eigenvalue weighted by Gasteiger charge is -2.25. The van der Waals surface area contributed by atoms with Crippen molar-refractivity contribution in [2.45, 2.75) is 25.9 Å². The molecule has 0 saturated carbocycles. The first kappa shape index (κ1) is 17.3. The molecular weight excluding hydrogens is 340 g/mol. The number of carbonyl (C=O) groups excluding carboxylic acids is 2. The number of nitrogens with one attached hydrogen (secondary N) is 2. The lowest BCUT2D eigenvalue weighted by molar-refractivity contribution is -0.122. The molecule has 0 fully saturated rings. The number of halogens is 1. The molecule has 0 aromatic heterocycles. The van der Waals surface area contributed by atoms with Crippen molar-refractivity contribution in [3.8, 4) is 5.75 Å². The van der Waals surface area contributed by atoms with Crippen LogP contribution in [0.1, 0.15) is 29.3 Å². The summed E-state index contributed by atoms with van der Waals surface area (Å²) < 4.78 is 5.60. The Labute approximate surface area is 151 Å². The van der Waals surface area contributed by atoms with Crippen LogP contribution in [0.5, 0.6) is 5.75 Å². The van der Waals surface area contributed by atoms with Crippen LogP contribution in [0, 0.1) is 0 Å². The molecule has 0 unspecified atom stereocenters. The minimum Gasteiger partial charge on any atom is -0.478 e. The number of ether oxygens (including phenoxy) is 1. The van der Waals surface area contributed by atoms with Gasteiger partial charge in [-0.05, 0) is 49.6 Å². The van der Waals surface area contributed by atoms with Gasteiger partial charge in [0.15, 0.2) is 11.9 Å². The first-order valence-electron chi connectivity index (χ1n) is 8.18. The van der Waals surface area contributed by atoms with Gasteiger partial charge in [-0.2, -0.15) is 0 Å². The second-order valence-corrected chi connectivity index (χ2v) is 6.35. The van der Waals surface area contributed by atoms with Crippen molar-refractivity contribution in [3.63, 3.8) is 0 Å². The molecule has 1 aliphatic heterocycles. The van der Waals surface area contributed by atoms with E-state index < -0.39 is 6.10 Å². The summed E-state index contributed by atoms with van der Waals surface area (Å²) in [5, 5.41) is 6.36. The number of benzene rings is 2. The Bertz CT molecular complexity index is 790. The van der Waals surface area contributed by atoms with Crippen molar-refractivity contribution in [3.05, 3.63) is 58.6 Å². The molecule has 130 valence electrons. The number of hydrogen-bond acceptors (Lipinski definition) is 3. The van der Waals surface area contributed by atoms with Crippen molar-refractivity contribution >= 4 is 29.1 Å². The van der Waals surface area contributed by atoms with Crippen LogP contribution in [0.15, 0.2) is 42.5 Å². The molecule has 2 aromatic carbocycles. The van der Waals surface area contributed by atoms with Gasteiger partial charge in [-0.1, -0.05) is 29.8 Å². The molecule has 5 nitrogen and oxygen atoms in total. The Morgan fingerprint density at radius 2 is 2.00 bits per heavy atom. The van der Waals surface area contributed by atoms with Crippen molar-refractivity contribution in [2.24, 2.45) is 0 Å². The molecule has 1 atom stereocenters. The number of hydrogen-bond donors (Lipinski definition) is 2. The van der Waals surface area contributed by atoms with Crippen LogP contribution in [0.2, 0.25) is 5.02 Å². The number of para-hydroxylation sites is 1. The molecule has 0 saturated heterocycles. The van der Waals surface area contributed by atoms with Crippen LogP contribution in [-0.2, 0) is 11.2 Å². The highest BCUT2D eigenvalue weighted by molar-refractivity contribution is 6.30. The Morgan fingerprint density at radius 1 is 1.24 bits per heavy atom. The van der Waals surface area contributed by atoms with E-state index in [1.165, 1.54) is 5.56 Å². The number of rotatable bonds is 5. The highest BCUT2D eigenvalue weighted by atomic mass is 35.5. The summed E-state index contributed by atoms with van der Waals surface area (Å²) in [4.78, 5) is 24.1. The van der Waals surface area contributed by atoms with Crippen LogP contribution >= 0.6 is 11.6 Å². The summed E-state index contributed by atoms with van der Waals surface area (Å²) >= 11 is 5.86. The maximum absolute atomic E-state index is 12.4. The summed E-state index contributed by atoms with van der Waals surface area (Å²) in [5.74, 6) is -0.00544. The highest BCUT2D eigenvalue weighted by Gasteiger charge is 2.27. The van der Waals surface area contributed by atoms with Gasteiger partial charge in [0.05, 0.1) is 11.3 Å². The standard InChI is InChI=1S/C19H19ClN2O3/c1-12-18(23)22-16-6-2-5-15(17(16)25-12)19(24)21-11-3-4-13-7-9-14(20)10-8-13/h2,5-10,12H,3-4,11H2,1H3,(H,21,24)(H,22,23)/t12-/m1/s1.